The number of aromatic amines is 1. The van der Waals surface area contributed by atoms with Gasteiger partial charge in [-0.15, -0.1) is 0 Å². The van der Waals surface area contributed by atoms with Crippen molar-refractivity contribution in [2.75, 3.05) is 18.4 Å². The van der Waals surface area contributed by atoms with E-state index in [1.54, 1.807) is 24.7 Å². The second-order valence-corrected chi connectivity index (χ2v) is 8.22. The Morgan fingerprint density at radius 2 is 1.97 bits per heavy atom. The lowest BCUT2D eigenvalue weighted by Gasteiger charge is -2.23. The number of benzene rings is 1. The number of H-pyrrole nitrogens is 1. The average molecular weight is 444 g/mol. The summed E-state index contributed by atoms with van der Waals surface area (Å²) < 4.78 is 1.34. The molecule has 168 valence electrons. The van der Waals surface area contributed by atoms with E-state index in [-0.39, 0.29) is 12.1 Å². The van der Waals surface area contributed by atoms with Crippen LogP contribution in [-0.2, 0) is 11.3 Å². The van der Waals surface area contributed by atoms with Crippen LogP contribution in [-0.4, -0.2) is 43.9 Å². The highest BCUT2D eigenvalue weighted by Gasteiger charge is 2.16. The summed E-state index contributed by atoms with van der Waals surface area (Å²) in [6.07, 6.45) is 7.06. The molecule has 4 heterocycles. The fraction of sp³-hybridized carbons (Fsp3) is 0.250. The Morgan fingerprint density at radius 3 is 2.73 bits per heavy atom. The van der Waals surface area contributed by atoms with E-state index in [1.165, 1.54) is 10.2 Å². The number of aromatic nitrogens is 4. The number of hydrogen-bond donors (Lipinski definition) is 4. The van der Waals surface area contributed by atoms with Gasteiger partial charge in [0.15, 0.2) is 0 Å². The van der Waals surface area contributed by atoms with Crippen molar-refractivity contribution in [3.63, 3.8) is 0 Å². The van der Waals surface area contributed by atoms with Crippen LogP contribution < -0.4 is 16.2 Å². The summed E-state index contributed by atoms with van der Waals surface area (Å²) in [5.74, 6) is 0.0238. The number of piperidine rings is 1. The Balaban J connectivity index is 1.49. The number of pyridine rings is 2. The van der Waals surface area contributed by atoms with E-state index in [4.69, 9.17) is 10.1 Å². The molecule has 1 aromatic carbocycles. The molecule has 4 N–H and O–H groups in total. The van der Waals surface area contributed by atoms with E-state index in [2.05, 4.69) is 32.8 Å². The number of rotatable bonds is 6. The maximum Gasteiger partial charge on any atom is 0.325 e. The Morgan fingerprint density at radius 1 is 1.18 bits per heavy atom. The van der Waals surface area contributed by atoms with Crippen LogP contribution in [0.4, 0.5) is 11.5 Å². The predicted octanol–water partition coefficient (Wildman–Crippen LogP) is 3.08. The maximum absolute atomic E-state index is 12.6. The third-order valence-electron chi connectivity index (χ3n) is 5.96. The summed E-state index contributed by atoms with van der Waals surface area (Å²) in [7, 11) is 0. The van der Waals surface area contributed by atoms with Crippen LogP contribution in [0.3, 0.4) is 0 Å². The van der Waals surface area contributed by atoms with Crippen molar-refractivity contribution in [3.8, 4) is 11.3 Å². The van der Waals surface area contributed by atoms with Crippen LogP contribution >= 0.6 is 0 Å². The molecule has 1 fully saturated rings. The van der Waals surface area contributed by atoms with Crippen molar-refractivity contribution >= 4 is 28.2 Å². The fourth-order valence-corrected chi connectivity index (χ4v) is 4.30. The van der Waals surface area contributed by atoms with Crippen LogP contribution in [0.5, 0.6) is 0 Å². The molecule has 1 aliphatic heterocycles. The first-order valence-electron chi connectivity index (χ1n) is 10.9. The van der Waals surface area contributed by atoms with Gasteiger partial charge in [0.25, 0.3) is 5.56 Å². The van der Waals surface area contributed by atoms with Gasteiger partial charge in [0.2, 0.25) is 0 Å². The van der Waals surface area contributed by atoms with Crippen molar-refractivity contribution in [2.24, 2.45) is 0 Å². The van der Waals surface area contributed by atoms with E-state index in [0.29, 0.717) is 28.4 Å². The standard InChI is InChI=1S/C24H24N6O3/c31-21(32)14-30-13-18(12-27-30)20-11-17-7-10-26-24(33)22(17)23(29-20)28-19-3-1-15(2-4-19)16-5-8-25-9-6-16/h1-4,7,10-13,16,25H,5-6,8-9,14H2,(H,26,33)(H,28,29)(H,31,32). The van der Waals surface area contributed by atoms with Crippen molar-refractivity contribution < 1.29 is 9.90 Å². The number of carboxylic acids is 1. The molecule has 0 amide bonds. The lowest BCUT2D eigenvalue weighted by molar-refractivity contribution is -0.137. The van der Waals surface area contributed by atoms with Crippen molar-refractivity contribution in [2.45, 2.75) is 25.3 Å². The molecule has 5 rings (SSSR count). The van der Waals surface area contributed by atoms with Gasteiger partial charge >= 0.3 is 5.97 Å². The van der Waals surface area contributed by atoms with Crippen LogP contribution in [0.2, 0.25) is 0 Å². The van der Waals surface area contributed by atoms with Gasteiger partial charge < -0.3 is 20.7 Å². The van der Waals surface area contributed by atoms with Gasteiger partial charge in [0.05, 0.1) is 17.3 Å². The normalized spacial score (nSPS) is 14.4. The second-order valence-electron chi connectivity index (χ2n) is 8.22. The maximum atomic E-state index is 12.6. The zero-order valence-corrected chi connectivity index (χ0v) is 17.9. The lowest BCUT2D eigenvalue weighted by Crippen LogP contribution is -2.26. The molecule has 0 bridgehead atoms. The lowest BCUT2D eigenvalue weighted by atomic mass is 9.90. The predicted molar refractivity (Wildman–Crippen MR) is 126 cm³/mol. The Bertz CT molecular complexity index is 1350. The molecule has 33 heavy (non-hydrogen) atoms. The highest BCUT2D eigenvalue weighted by molar-refractivity contribution is 5.95. The summed E-state index contributed by atoms with van der Waals surface area (Å²) >= 11 is 0. The average Bonchev–Trinajstić information content (AvgIpc) is 3.28. The van der Waals surface area contributed by atoms with E-state index in [1.807, 2.05) is 18.2 Å². The molecule has 0 saturated carbocycles. The SMILES string of the molecule is O=C(O)Cn1cc(-c2cc3cc[nH]c(=O)c3c(Nc3ccc(C4CCNCC4)cc3)n2)cn1. The molecule has 0 atom stereocenters. The van der Waals surface area contributed by atoms with Crippen LogP contribution in [0.1, 0.15) is 24.3 Å². The highest BCUT2D eigenvalue weighted by Crippen LogP contribution is 2.30. The molecule has 0 aliphatic carbocycles. The molecule has 1 aliphatic rings. The van der Waals surface area contributed by atoms with Gasteiger partial charge in [-0.1, -0.05) is 12.1 Å². The number of nitrogens with zero attached hydrogens (tertiary/aromatic N) is 3. The summed E-state index contributed by atoms with van der Waals surface area (Å²) in [6, 6.07) is 11.9. The molecule has 0 spiro atoms. The first-order chi connectivity index (χ1) is 16.1. The van der Waals surface area contributed by atoms with Crippen LogP contribution in [0.15, 0.2) is 59.8 Å². The smallest absolute Gasteiger partial charge is 0.325 e. The van der Waals surface area contributed by atoms with Gasteiger partial charge in [-0.05, 0) is 67.1 Å². The number of hydrogen-bond acceptors (Lipinski definition) is 6. The summed E-state index contributed by atoms with van der Waals surface area (Å²) in [5, 5.41) is 21.0. The summed E-state index contributed by atoms with van der Waals surface area (Å²) in [4.78, 5) is 31.0. The third-order valence-corrected chi connectivity index (χ3v) is 5.96. The minimum Gasteiger partial charge on any atom is -0.480 e. The highest BCUT2D eigenvalue weighted by atomic mass is 16.4. The first-order valence-corrected chi connectivity index (χ1v) is 10.9. The van der Waals surface area contributed by atoms with Crippen molar-refractivity contribution in [1.29, 1.82) is 0 Å². The minimum absolute atomic E-state index is 0.234. The molecule has 9 heteroatoms. The minimum atomic E-state index is -0.974. The van der Waals surface area contributed by atoms with Gasteiger partial charge in [-0.3, -0.25) is 14.3 Å². The molecule has 1 saturated heterocycles. The van der Waals surface area contributed by atoms with Gasteiger partial charge in [-0.2, -0.15) is 5.10 Å². The van der Waals surface area contributed by atoms with Gasteiger partial charge in [0.1, 0.15) is 12.4 Å². The number of fused-ring (bicyclic) bond motifs is 1. The van der Waals surface area contributed by atoms with Gasteiger partial charge in [-0.25, -0.2) is 4.98 Å². The number of carboxylic acid groups (broad SMARTS) is 1. The number of nitrogens with one attached hydrogen (secondary N) is 3. The van der Waals surface area contributed by atoms with E-state index in [0.717, 1.165) is 37.0 Å². The number of aliphatic carboxylic acids is 1. The molecular formula is C24H24N6O3. The van der Waals surface area contributed by atoms with Crippen molar-refractivity contribution in [3.05, 3.63) is 70.9 Å². The first kappa shape index (κ1) is 20.9. The molecule has 0 unspecified atom stereocenters. The monoisotopic (exact) mass is 444 g/mol. The Labute approximate surface area is 189 Å². The molecular weight excluding hydrogens is 420 g/mol. The quantitative estimate of drug-likeness (QED) is 0.360. The fourth-order valence-electron chi connectivity index (χ4n) is 4.30. The second kappa shape index (κ2) is 8.87. The van der Waals surface area contributed by atoms with E-state index in [9.17, 15) is 9.59 Å². The van der Waals surface area contributed by atoms with E-state index >= 15 is 0 Å². The summed E-state index contributed by atoms with van der Waals surface area (Å²) in [5.41, 5.74) is 3.18. The van der Waals surface area contributed by atoms with Crippen LogP contribution in [0, 0.1) is 0 Å². The Hall–Kier alpha value is -3.98. The summed E-state index contributed by atoms with van der Waals surface area (Å²) in [6.45, 7) is 1.85. The van der Waals surface area contributed by atoms with Gasteiger partial charge in [0, 0.05) is 23.6 Å². The zero-order chi connectivity index (χ0) is 22.8. The number of anilines is 2. The zero-order valence-electron chi connectivity index (χ0n) is 17.9. The largest absolute Gasteiger partial charge is 0.480 e. The molecule has 3 aromatic heterocycles. The molecule has 4 aromatic rings. The van der Waals surface area contributed by atoms with Crippen LogP contribution in [0.25, 0.3) is 22.0 Å². The van der Waals surface area contributed by atoms with Crippen molar-refractivity contribution in [1.82, 2.24) is 25.1 Å². The number of carbonyl (C=O) groups is 1. The molecule has 9 nitrogen and oxygen atoms in total. The molecule has 0 radical (unpaired) electrons. The third kappa shape index (κ3) is 4.49. The Kier molecular flexibility index (Phi) is 5.62. The van der Waals surface area contributed by atoms with E-state index < -0.39 is 5.97 Å². The topological polar surface area (TPSA) is 125 Å².